The predicted octanol–water partition coefficient (Wildman–Crippen LogP) is 0.370. The van der Waals surface area contributed by atoms with Crippen LogP contribution in [0.25, 0.3) is 0 Å². The van der Waals surface area contributed by atoms with Crippen LogP contribution < -0.4 is 0 Å². The fourth-order valence-electron chi connectivity index (χ4n) is 1.46. The Morgan fingerprint density at radius 1 is 1.00 bits per heavy atom. The summed E-state index contributed by atoms with van der Waals surface area (Å²) in [5, 5.41) is 0. The van der Waals surface area contributed by atoms with Crippen LogP contribution in [0.5, 0.6) is 0 Å². The van der Waals surface area contributed by atoms with E-state index in [0.717, 1.165) is 0 Å². The lowest BCUT2D eigenvalue weighted by Crippen LogP contribution is -2.49. The van der Waals surface area contributed by atoms with E-state index < -0.39 is 0 Å². The summed E-state index contributed by atoms with van der Waals surface area (Å²) in [6.07, 6.45) is -0.0856. The lowest BCUT2D eigenvalue weighted by atomic mass is 9.91. The fourth-order valence-corrected chi connectivity index (χ4v) is 1.46. The standard InChI is InChI=1S/C8H14O4/c1-7-11-4-8(5-12-7)2-9-6-10-3-8/h7H,2-6H2,1H3. The molecule has 2 fully saturated rings. The highest BCUT2D eigenvalue weighted by Gasteiger charge is 2.38. The summed E-state index contributed by atoms with van der Waals surface area (Å²) in [6.45, 7) is 5.01. The molecule has 2 aliphatic heterocycles. The molecule has 12 heavy (non-hydrogen) atoms. The molecule has 0 radical (unpaired) electrons. The first-order valence-corrected chi connectivity index (χ1v) is 4.20. The van der Waals surface area contributed by atoms with Gasteiger partial charge in [-0.3, -0.25) is 0 Å². The van der Waals surface area contributed by atoms with Gasteiger partial charge in [0.2, 0.25) is 0 Å². The second-order valence-electron chi connectivity index (χ2n) is 3.50. The lowest BCUT2D eigenvalue weighted by Gasteiger charge is -2.40. The van der Waals surface area contributed by atoms with E-state index in [1.165, 1.54) is 0 Å². The molecule has 0 amide bonds. The molecule has 2 heterocycles. The fraction of sp³-hybridized carbons (Fsp3) is 1.00. The van der Waals surface area contributed by atoms with Gasteiger partial charge in [0, 0.05) is 0 Å². The predicted molar refractivity (Wildman–Crippen MR) is 40.6 cm³/mol. The van der Waals surface area contributed by atoms with E-state index >= 15 is 0 Å². The highest BCUT2D eigenvalue weighted by molar-refractivity contribution is 4.82. The zero-order valence-corrected chi connectivity index (χ0v) is 7.25. The van der Waals surface area contributed by atoms with Crippen molar-refractivity contribution in [3.05, 3.63) is 0 Å². The van der Waals surface area contributed by atoms with Crippen molar-refractivity contribution < 1.29 is 18.9 Å². The summed E-state index contributed by atoms with van der Waals surface area (Å²) in [5.41, 5.74) is -0.0508. The van der Waals surface area contributed by atoms with Gasteiger partial charge in [-0.1, -0.05) is 0 Å². The number of hydrogen-bond acceptors (Lipinski definition) is 4. The van der Waals surface area contributed by atoms with E-state index in [9.17, 15) is 0 Å². The minimum absolute atomic E-state index is 0.0508. The molecule has 0 aromatic rings. The van der Waals surface area contributed by atoms with Gasteiger partial charge in [-0.05, 0) is 6.92 Å². The largest absolute Gasteiger partial charge is 0.355 e. The maximum atomic E-state index is 5.39. The van der Waals surface area contributed by atoms with Crippen LogP contribution in [-0.4, -0.2) is 39.5 Å². The molecule has 2 saturated heterocycles. The average molecular weight is 174 g/mol. The summed E-state index contributed by atoms with van der Waals surface area (Å²) >= 11 is 0. The van der Waals surface area contributed by atoms with Crippen molar-refractivity contribution in [3.8, 4) is 0 Å². The Kier molecular flexibility index (Phi) is 2.32. The van der Waals surface area contributed by atoms with Crippen LogP contribution >= 0.6 is 0 Å². The van der Waals surface area contributed by atoms with Gasteiger partial charge in [-0.25, -0.2) is 0 Å². The highest BCUT2D eigenvalue weighted by atomic mass is 16.7. The number of rotatable bonds is 0. The van der Waals surface area contributed by atoms with Crippen molar-refractivity contribution in [1.82, 2.24) is 0 Å². The van der Waals surface area contributed by atoms with E-state index in [-0.39, 0.29) is 11.7 Å². The van der Waals surface area contributed by atoms with Gasteiger partial charge >= 0.3 is 0 Å². The van der Waals surface area contributed by atoms with Crippen molar-refractivity contribution in [3.63, 3.8) is 0 Å². The Bertz CT molecular complexity index is 143. The first-order chi connectivity index (χ1) is 5.81. The van der Waals surface area contributed by atoms with Crippen molar-refractivity contribution >= 4 is 0 Å². The maximum absolute atomic E-state index is 5.39. The summed E-state index contributed by atoms with van der Waals surface area (Å²) in [4.78, 5) is 0. The molecule has 0 aliphatic carbocycles. The van der Waals surface area contributed by atoms with Gasteiger partial charge in [0.25, 0.3) is 0 Å². The molecule has 4 nitrogen and oxygen atoms in total. The molecular formula is C8H14O4. The van der Waals surface area contributed by atoms with Crippen LogP contribution in [0.15, 0.2) is 0 Å². The van der Waals surface area contributed by atoms with Crippen LogP contribution in [0, 0.1) is 5.41 Å². The van der Waals surface area contributed by atoms with E-state index in [1.807, 2.05) is 6.92 Å². The van der Waals surface area contributed by atoms with Crippen LogP contribution in [-0.2, 0) is 18.9 Å². The maximum Gasteiger partial charge on any atom is 0.154 e. The smallest absolute Gasteiger partial charge is 0.154 e. The summed E-state index contributed by atoms with van der Waals surface area (Å²) in [6, 6.07) is 0. The van der Waals surface area contributed by atoms with E-state index in [2.05, 4.69) is 0 Å². The summed E-state index contributed by atoms with van der Waals surface area (Å²) in [5.74, 6) is 0. The molecule has 0 N–H and O–H groups in total. The molecule has 0 aromatic carbocycles. The third-order valence-electron chi connectivity index (χ3n) is 2.23. The lowest BCUT2D eigenvalue weighted by molar-refractivity contribution is -0.274. The van der Waals surface area contributed by atoms with Crippen molar-refractivity contribution in [2.45, 2.75) is 13.2 Å². The van der Waals surface area contributed by atoms with Gasteiger partial charge in [0.05, 0.1) is 31.8 Å². The summed E-state index contributed by atoms with van der Waals surface area (Å²) < 4.78 is 21.2. The van der Waals surface area contributed by atoms with Gasteiger partial charge in [-0.2, -0.15) is 0 Å². The van der Waals surface area contributed by atoms with E-state index in [4.69, 9.17) is 18.9 Å². The van der Waals surface area contributed by atoms with Gasteiger partial charge in [0.1, 0.15) is 6.79 Å². The second-order valence-corrected chi connectivity index (χ2v) is 3.50. The van der Waals surface area contributed by atoms with E-state index in [1.54, 1.807) is 0 Å². The third kappa shape index (κ3) is 1.61. The van der Waals surface area contributed by atoms with E-state index in [0.29, 0.717) is 33.2 Å². The molecule has 0 bridgehead atoms. The Hall–Kier alpha value is -0.160. The van der Waals surface area contributed by atoms with Crippen LogP contribution in [0.1, 0.15) is 6.92 Å². The molecule has 70 valence electrons. The average Bonchev–Trinajstić information content (AvgIpc) is 2.13. The Labute approximate surface area is 71.7 Å². The first kappa shape index (κ1) is 8.44. The SMILES string of the molecule is CC1OCC2(COCOC2)CO1. The minimum atomic E-state index is -0.0856. The molecule has 0 aromatic heterocycles. The molecule has 0 atom stereocenters. The van der Waals surface area contributed by atoms with Crippen LogP contribution in [0.4, 0.5) is 0 Å². The monoisotopic (exact) mass is 174 g/mol. The van der Waals surface area contributed by atoms with Gasteiger partial charge in [-0.15, -0.1) is 0 Å². The van der Waals surface area contributed by atoms with Crippen LogP contribution in [0.3, 0.4) is 0 Å². The minimum Gasteiger partial charge on any atom is -0.355 e. The molecular weight excluding hydrogens is 160 g/mol. The third-order valence-corrected chi connectivity index (χ3v) is 2.23. The Balaban J connectivity index is 1.92. The zero-order chi connectivity index (χ0) is 8.44. The van der Waals surface area contributed by atoms with Gasteiger partial charge in [0.15, 0.2) is 6.29 Å². The normalized spacial score (nSPS) is 30.8. The molecule has 2 rings (SSSR count). The van der Waals surface area contributed by atoms with Crippen molar-refractivity contribution in [1.29, 1.82) is 0 Å². The Morgan fingerprint density at radius 3 is 2.17 bits per heavy atom. The molecule has 4 heteroatoms. The molecule has 0 unspecified atom stereocenters. The Morgan fingerprint density at radius 2 is 1.58 bits per heavy atom. The number of hydrogen-bond donors (Lipinski definition) is 0. The molecule has 2 aliphatic rings. The topological polar surface area (TPSA) is 36.9 Å². The molecule has 0 saturated carbocycles. The van der Waals surface area contributed by atoms with Gasteiger partial charge < -0.3 is 18.9 Å². The second kappa shape index (κ2) is 3.30. The highest BCUT2D eigenvalue weighted by Crippen LogP contribution is 2.27. The molecule has 1 spiro atoms. The first-order valence-electron chi connectivity index (χ1n) is 4.20. The van der Waals surface area contributed by atoms with Crippen LogP contribution in [0.2, 0.25) is 0 Å². The zero-order valence-electron chi connectivity index (χ0n) is 7.25. The quantitative estimate of drug-likeness (QED) is 0.531. The number of ether oxygens (including phenoxy) is 4. The summed E-state index contributed by atoms with van der Waals surface area (Å²) in [7, 11) is 0. The van der Waals surface area contributed by atoms with Crippen molar-refractivity contribution in [2.24, 2.45) is 5.41 Å². The van der Waals surface area contributed by atoms with Crippen molar-refractivity contribution in [2.75, 3.05) is 33.2 Å².